The highest BCUT2D eigenvalue weighted by molar-refractivity contribution is 5.92. The normalized spacial score (nSPS) is 15.4. The summed E-state index contributed by atoms with van der Waals surface area (Å²) in [5.74, 6) is -4.24. The Morgan fingerprint density at radius 1 is 1.03 bits per heavy atom. The van der Waals surface area contributed by atoms with Gasteiger partial charge in [0.2, 0.25) is 5.69 Å². The second-order valence-electron chi connectivity index (χ2n) is 8.48. The van der Waals surface area contributed by atoms with E-state index in [-0.39, 0.29) is 19.6 Å². The molecule has 0 bridgehead atoms. The molecule has 0 unspecified atom stereocenters. The van der Waals surface area contributed by atoms with Crippen LogP contribution in [-0.4, -0.2) is 44.2 Å². The highest BCUT2D eigenvalue weighted by Gasteiger charge is 2.37. The van der Waals surface area contributed by atoms with Gasteiger partial charge in [0.25, 0.3) is 17.4 Å². The number of hydrogen-bond acceptors (Lipinski definition) is 4. The Hall–Kier alpha value is -3.69. The number of likely N-dealkylation sites (tertiary alicyclic amines) is 1. The van der Waals surface area contributed by atoms with E-state index >= 15 is 0 Å². The Balaban J connectivity index is 1.85. The Bertz CT molecular complexity index is 1370. The summed E-state index contributed by atoms with van der Waals surface area (Å²) in [6, 6.07) is 10.5. The number of carbonyl (C=O) groups is 1. The number of alkyl halides is 2. The molecule has 1 fully saturated rings. The van der Waals surface area contributed by atoms with Crippen molar-refractivity contribution in [3.8, 4) is 5.69 Å². The zero-order valence-corrected chi connectivity index (χ0v) is 18.7. The van der Waals surface area contributed by atoms with Gasteiger partial charge in [0.1, 0.15) is 5.82 Å². The number of hydrogen-bond donors (Lipinski definition) is 0. The van der Waals surface area contributed by atoms with Gasteiger partial charge in [-0.2, -0.15) is 9.78 Å². The summed E-state index contributed by atoms with van der Waals surface area (Å²) in [5.41, 5.74) is 0.180. The lowest BCUT2D eigenvalue weighted by Crippen LogP contribution is -2.49. The van der Waals surface area contributed by atoms with E-state index in [0.717, 1.165) is 25.3 Å². The predicted molar refractivity (Wildman–Crippen MR) is 119 cm³/mol. The number of benzene rings is 2. The summed E-state index contributed by atoms with van der Waals surface area (Å²) < 4.78 is 42.6. The van der Waals surface area contributed by atoms with Crippen molar-refractivity contribution in [1.29, 1.82) is 0 Å². The van der Waals surface area contributed by atoms with E-state index in [9.17, 15) is 27.6 Å². The number of amides is 1. The molecule has 34 heavy (non-hydrogen) atoms. The molecule has 3 aromatic rings. The average molecular weight is 472 g/mol. The number of aryl methyl sites for hydroxylation is 2. The first-order valence-electron chi connectivity index (χ1n) is 10.8. The van der Waals surface area contributed by atoms with Crippen LogP contribution in [0.5, 0.6) is 0 Å². The fraction of sp³-hybridized carbons (Fsp3) is 0.333. The number of carbonyl (C=O) groups excluding carboxylic acids is 1. The van der Waals surface area contributed by atoms with Crippen LogP contribution in [0.4, 0.5) is 13.2 Å². The Morgan fingerprint density at radius 3 is 2.38 bits per heavy atom. The molecular weight excluding hydrogens is 449 g/mol. The summed E-state index contributed by atoms with van der Waals surface area (Å²) in [6.45, 7) is 2.97. The lowest BCUT2D eigenvalue weighted by Gasteiger charge is -2.31. The zero-order chi connectivity index (χ0) is 24.6. The van der Waals surface area contributed by atoms with Gasteiger partial charge in [0.15, 0.2) is 0 Å². The van der Waals surface area contributed by atoms with Gasteiger partial charge >= 0.3 is 5.69 Å². The molecule has 0 saturated carbocycles. The van der Waals surface area contributed by atoms with Crippen LogP contribution in [0.2, 0.25) is 0 Å². The van der Waals surface area contributed by atoms with Gasteiger partial charge in [0, 0.05) is 25.9 Å². The van der Waals surface area contributed by atoms with Gasteiger partial charge in [-0.3, -0.25) is 14.2 Å². The first kappa shape index (κ1) is 23.5. The number of piperidine rings is 1. The van der Waals surface area contributed by atoms with Crippen molar-refractivity contribution < 1.29 is 18.0 Å². The van der Waals surface area contributed by atoms with E-state index in [0.29, 0.717) is 11.3 Å². The van der Waals surface area contributed by atoms with Gasteiger partial charge in [0.05, 0.1) is 12.2 Å². The third kappa shape index (κ3) is 4.66. The van der Waals surface area contributed by atoms with Crippen molar-refractivity contribution in [2.75, 3.05) is 13.1 Å². The molecule has 1 amide bonds. The van der Waals surface area contributed by atoms with Crippen LogP contribution < -0.4 is 11.2 Å². The third-order valence-corrected chi connectivity index (χ3v) is 6.01. The summed E-state index contributed by atoms with van der Waals surface area (Å²) in [5, 5.41) is 4.06. The number of aromatic nitrogens is 3. The topological polar surface area (TPSA) is 77.2 Å². The van der Waals surface area contributed by atoms with Crippen molar-refractivity contribution in [1.82, 2.24) is 19.2 Å². The minimum Gasteiger partial charge on any atom is -0.337 e. The van der Waals surface area contributed by atoms with Crippen LogP contribution in [0.1, 0.15) is 40.0 Å². The smallest absolute Gasteiger partial charge is 0.337 e. The maximum absolute atomic E-state index is 13.7. The van der Waals surface area contributed by atoms with Crippen molar-refractivity contribution in [2.45, 2.75) is 39.2 Å². The van der Waals surface area contributed by atoms with Gasteiger partial charge < -0.3 is 4.90 Å². The van der Waals surface area contributed by atoms with E-state index < -0.39 is 47.4 Å². The molecule has 7 nitrogen and oxygen atoms in total. The van der Waals surface area contributed by atoms with Crippen molar-refractivity contribution in [3.05, 3.63) is 91.5 Å². The van der Waals surface area contributed by atoms with E-state index in [2.05, 4.69) is 5.10 Å². The lowest BCUT2D eigenvalue weighted by molar-refractivity contribution is -0.0495. The average Bonchev–Trinajstić information content (AvgIpc) is 2.78. The van der Waals surface area contributed by atoms with Gasteiger partial charge in [-0.05, 0) is 54.8 Å². The first-order chi connectivity index (χ1) is 16.1. The van der Waals surface area contributed by atoms with Crippen molar-refractivity contribution in [3.63, 3.8) is 0 Å². The van der Waals surface area contributed by atoms with Crippen LogP contribution in [0.25, 0.3) is 5.69 Å². The molecule has 1 aliphatic heterocycles. The maximum atomic E-state index is 13.7. The van der Waals surface area contributed by atoms with Crippen molar-refractivity contribution >= 4 is 5.91 Å². The second-order valence-corrected chi connectivity index (χ2v) is 8.48. The van der Waals surface area contributed by atoms with Crippen LogP contribution in [0.15, 0.2) is 52.1 Å². The molecular formula is C24H23F3N4O3. The Labute approximate surface area is 193 Å². The SMILES string of the molecule is Cc1ccc(-n2nc(C(=O)N3CCC(F)(F)CC3)c(=O)n(Cc3cccc(F)c3)c2=O)cc1C. The molecule has 1 saturated heterocycles. The molecule has 0 N–H and O–H groups in total. The standard InChI is InChI=1S/C24H23F3N4O3/c1-15-6-7-19(12-16(15)2)31-23(34)30(14-17-4-3-5-18(25)13-17)22(33)20(28-31)21(32)29-10-8-24(26,27)9-11-29/h3-7,12-13H,8-11,14H2,1-2H3. The maximum Gasteiger partial charge on any atom is 0.352 e. The molecule has 0 spiro atoms. The number of halogens is 3. The molecule has 2 heterocycles. The monoisotopic (exact) mass is 472 g/mol. The first-order valence-corrected chi connectivity index (χ1v) is 10.8. The van der Waals surface area contributed by atoms with Crippen LogP contribution in [0, 0.1) is 19.7 Å². The molecule has 0 radical (unpaired) electrons. The van der Waals surface area contributed by atoms with E-state index in [1.54, 1.807) is 24.3 Å². The minimum absolute atomic E-state index is 0.236. The third-order valence-electron chi connectivity index (χ3n) is 6.01. The molecule has 0 aliphatic carbocycles. The van der Waals surface area contributed by atoms with Crippen LogP contribution in [0.3, 0.4) is 0 Å². The van der Waals surface area contributed by atoms with E-state index in [1.165, 1.54) is 18.2 Å². The molecule has 1 aliphatic rings. The summed E-state index contributed by atoms with van der Waals surface area (Å²) in [7, 11) is 0. The van der Waals surface area contributed by atoms with Crippen LogP contribution >= 0.6 is 0 Å². The number of nitrogens with zero attached hydrogens (tertiary/aromatic N) is 4. The van der Waals surface area contributed by atoms with Gasteiger partial charge in [-0.15, -0.1) is 0 Å². The summed E-state index contributed by atoms with van der Waals surface area (Å²) in [6.07, 6.45) is -1.04. The molecule has 1 aromatic heterocycles. The molecule has 4 rings (SSSR count). The summed E-state index contributed by atoms with van der Waals surface area (Å²) in [4.78, 5) is 40.7. The lowest BCUT2D eigenvalue weighted by atomic mass is 10.1. The Morgan fingerprint density at radius 2 is 1.74 bits per heavy atom. The quantitative estimate of drug-likeness (QED) is 0.585. The molecule has 0 atom stereocenters. The van der Waals surface area contributed by atoms with Gasteiger partial charge in [-0.25, -0.2) is 18.0 Å². The van der Waals surface area contributed by atoms with Crippen LogP contribution in [-0.2, 0) is 6.54 Å². The largest absolute Gasteiger partial charge is 0.352 e. The molecule has 10 heteroatoms. The summed E-state index contributed by atoms with van der Waals surface area (Å²) >= 11 is 0. The minimum atomic E-state index is -2.87. The molecule has 178 valence electrons. The second kappa shape index (κ2) is 8.92. The van der Waals surface area contributed by atoms with Crippen molar-refractivity contribution in [2.24, 2.45) is 0 Å². The molecule has 2 aromatic carbocycles. The fourth-order valence-corrected chi connectivity index (χ4v) is 3.82. The Kier molecular flexibility index (Phi) is 6.16. The zero-order valence-electron chi connectivity index (χ0n) is 18.7. The highest BCUT2D eigenvalue weighted by atomic mass is 19.3. The van der Waals surface area contributed by atoms with Gasteiger partial charge in [-0.1, -0.05) is 18.2 Å². The predicted octanol–water partition coefficient (Wildman–Crippen LogP) is 3.07. The highest BCUT2D eigenvalue weighted by Crippen LogP contribution is 2.28. The fourth-order valence-electron chi connectivity index (χ4n) is 3.82. The van der Waals surface area contributed by atoms with E-state index in [4.69, 9.17) is 0 Å². The van der Waals surface area contributed by atoms with E-state index in [1.807, 2.05) is 13.8 Å². The number of rotatable bonds is 4.